The number of hydrogen-bond donors (Lipinski definition) is 1. The van der Waals surface area contributed by atoms with Gasteiger partial charge in [0.1, 0.15) is 6.61 Å². The van der Waals surface area contributed by atoms with Crippen molar-refractivity contribution in [1.82, 2.24) is 4.98 Å². The zero-order chi connectivity index (χ0) is 16.1. The zero-order valence-corrected chi connectivity index (χ0v) is 12.6. The standard InChI is InChI=1S/C13H18F3N3O2/c1-11(2,3)19-10-17-8(13(14,15)16)7(21-10)9-18-12(4,5)6-20-9/h6H2,1-5H3,(H,17,19). The predicted molar refractivity (Wildman–Crippen MR) is 71.4 cm³/mol. The number of hydrogen-bond acceptors (Lipinski definition) is 5. The van der Waals surface area contributed by atoms with Crippen LogP contribution in [0.25, 0.3) is 0 Å². The van der Waals surface area contributed by atoms with Crippen molar-refractivity contribution in [2.75, 3.05) is 11.9 Å². The van der Waals surface area contributed by atoms with Gasteiger partial charge in [0.2, 0.25) is 5.76 Å². The number of aliphatic imine (C=N–C) groups is 1. The van der Waals surface area contributed by atoms with Gasteiger partial charge in [0, 0.05) is 5.54 Å². The summed E-state index contributed by atoms with van der Waals surface area (Å²) in [5, 5.41) is 2.77. The quantitative estimate of drug-likeness (QED) is 0.909. The number of anilines is 1. The van der Waals surface area contributed by atoms with Gasteiger partial charge in [-0.3, -0.25) is 0 Å². The third-order valence-electron chi connectivity index (χ3n) is 2.54. The van der Waals surface area contributed by atoms with E-state index in [0.29, 0.717) is 0 Å². The lowest BCUT2D eigenvalue weighted by molar-refractivity contribution is -0.141. The molecule has 8 heteroatoms. The summed E-state index contributed by atoms with van der Waals surface area (Å²) in [5.74, 6) is -0.651. The lowest BCUT2D eigenvalue weighted by atomic mass is 10.1. The van der Waals surface area contributed by atoms with E-state index in [1.807, 2.05) is 0 Å². The van der Waals surface area contributed by atoms with Crippen molar-refractivity contribution in [3.8, 4) is 0 Å². The molecule has 0 spiro atoms. The predicted octanol–water partition coefficient (Wildman–Crippen LogP) is 3.46. The van der Waals surface area contributed by atoms with Gasteiger partial charge in [-0.15, -0.1) is 0 Å². The zero-order valence-electron chi connectivity index (χ0n) is 12.6. The van der Waals surface area contributed by atoms with Gasteiger partial charge in [0.05, 0.1) is 5.54 Å². The Bertz CT molecular complexity index is 568. The van der Waals surface area contributed by atoms with Gasteiger partial charge in [0.25, 0.3) is 11.9 Å². The maximum Gasteiger partial charge on any atom is 0.437 e. The average molecular weight is 305 g/mol. The molecule has 1 aromatic heterocycles. The summed E-state index contributed by atoms with van der Waals surface area (Å²) in [7, 11) is 0. The number of ether oxygens (including phenoxy) is 1. The van der Waals surface area contributed by atoms with Crippen LogP contribution in [-0.4, -0.2) is 28.6 Å². The molecule has 1 aromatic rings. The Balaban J connectivity index is 2.45. The second-order valence-electron chi connectivity index (χ2n) is 6.59. The molecule has 0 bridgehead atoms. The van der Waals surface area contributed by atoms with Gasteiger partial charge in [0.15, 0.2) is 5.69 Å². The minimum Gasteiger partial charge on any atom is -0.473 e. The molecule has 0 aliphatic carbocycles. The van der Waals surface area contributed by atoms with Crippen molar-refractivity contribution in [2.24, 2.45) is 4.99 Å². The van der Waals surface area contributed by atoms with Gasteiger partial charge < -0.3 is 14.5 Å². The Morgan fingerprint density at radius 1 is 1.19 bits per heavy atom. The highest BCUT2D eigenvalue weighted by Crippen LogP contribution is 2.35. The Hall–Kier alpha value is -1.73. The number of nitrogens with one attached hydrogen (secondary N) is 1. The monoisotopic (exact) mass is 305 g/mol. The third kappa shape index (κ3) is 3.68. The van der Waals surface area contributed by atoms with Gasteiger partial charge in [-0.05, 0) is 34.6 Å². The molecule has 0 saturated heterocycles. The molecule has 0 saturated carbocycles. The van der Waals surface area contributed by atoms with Crippen molar-refractivity contribution < 1.29 is 22.3 Å². The number of aromatic nitrogens is 1. The van der Waals surface area contributed by atoms with Crippen molar-refractivity contribution in [3.63, 3.8) is 0 Å². The van der Waals surface area contributed by atoms with Crippen molar-refractivity contribution in [3.05, 3.63) is 11.5 Å². The van der Waals surface area contributed by atoms with Crippen LogP contribution in [0.2, 0.25) is 0 Å². The highest BCUT2D eigenvalue weighted by molar-refractivity contribution is 5.94. The van der Waals surface area contributed by atoms with Crippen molar-refractivity contribution in [1.29, 1.82) is 0 Å². The summed E-state index contributed by atoms with van der Waals surface area (Å²) in [6.45, 7) is 9.09. The van der Waals surface area contributed by atoms with E-state index in [4.69, 9.17) is 9.15 Å². The van der Waals surface area contributed by atoms with Crippen LogP contribution in [0.5, 0.6) is 0 Å². The first-order chi connectivity index (χ1) is 9.37. The molecule has 1 aliphatic rings. The van der Waals surface area contributed by atoms with Gasteiger partial charge in [-0.25, -0.2) is 4.99 Å². The van der Waals surface area contributed by atoms with Crippen molar-refractivity contribution in [2.45, 2.75) is 51.9 Å². The van der Waals surface area contributed by atoms with Crippen LogP contribution in [0.3, 0.4) is 0 Å². The van der Waals surface area contributed by atoms with Crippen molar-refractivity contribution >= 4 is 11.9 Å². The largest absolute Gasteiger partial charge is 0.473 e. The molecule has 1 N–H and O–H groups in total. The Morgan fingerprint density at radius 3 is 2.24 bits per heavy atom. The molecule has 1 aliphatic heterocycles. The van der Waals surface area contributed by atoms with Gasteiger partial charge >= 0.3 is 6.18 Å². The molecule has 21 heavy (non-hydrogen) atoms. The van der Waals surface area contributed by atoms with E-state index in [1.165, 1.54) is 0 Å². The molecule has 2 rings (SSSR count). The van der Waals surface area contributed by atoms with Crippen LogP contribution in [0.15, 0.2) is 9.41 Å². The maximum absolute atomic E-state index is 13.1. The summed E-state index contributed by atoms with van der Waals surface area (Å²) in [5.41, 5.74) is -2.20. The molecule has 5 nitrogen and oxygen atoms in total. The molecule has 0 radical (unpaired) electrons. The van der Waals surface area contributed by atoms with E-state index in [-0.39, 0.29) is 18.5 Å². The normalized spacial score (nSPS) is 18.4. The van der Waals surface area contributed by atoms with Gasteiger partial charge in [-0.1, -0.05) is 0 Å². The first-order valence-electron chi connectivity index (χ1n) is 6.47. The van der Waals surface area contributed by atoms with Gasteiger partial charge in [-0.2, -0.15) is 18.2 Å². The van der Waals surface area contributed by atoms with Crippen LogP contribution in [0.4, 0.5) is 19.2 Å². The van der Waals surface area contributed by atoms with Crippen LogP contribution in [-0.2, 0) is 10.9 Å². The van der Waals surface area contributed by atoms with E-state index < -0.39 is 28.7 Å². The Labute approximate surface area is 120 Å². The fourth-order valence-electron chi connectivity index (χ4n) is 1.73. The summed E-state index contributed by atoms with van der Waals surface area (Å²) in [4.78, 5) is 7.60. The smallest absolute Gasteiger partial charge is 0.437 e. The lowest BCUT2D eigenvalue weighted by Crippen LogP contribution is -2.26. The Kier molecular flexibility index (Phi) is 3.46. The minimum atomic E-state index is -4.64. The fourth-order valence-corrected chi connectivity index (χ4v) is 1.73. The van der Waals surface area contributed by atoms with E-state index >= 15 is 0 Å². The van der Waals surface area contributed by atoms with Crippen LogP contribution in [0, 0.1) is 0 Å². The van der Waals surface area contributed by atoms with E-state index in [9.17, 15) is 13.2 Å². The molecule has 0 fully saturated rings. The number of rotatable bonds is 2. The number of halogens is 3. The molecule has 0 aromatic carbocycles. The number of nitrogens with zero attached hydrogens (tertiary/aromatic N) is 2. The number of oxazole rings is 1. The van der Waals surface area contributed by atoms with E-state index in [1.54, 1.807) is 34.6 Å². The minimum absolute atomic E-state index is 0.165. The summed E-state index contributed by atoms with van der Waals surface area (Å²) in [6.07, 6.45) is -4.64. The average Bonchev–Trinajstić information content (AvgIpc) is 2.78. The Morgan fingerprint density at radius 2 is 1.81 bits per heavy atom. The van der Waals surface area contributed by atoms with E-state index in [2.05, 4.69) is 15.3 Å². The highest BCUT2D eigenvalue weighted by Gasteiger charge is 2.43. The molecule has 118 valence electrons. The van der Waals surface area contributed by atoms with Crippen LogP contribution in [0.1, 0.15) is 46.1 Å². The topological polar surface area (TPSA) is 59.6 Å². The molecular formula is C13H18F3N3O2. The molecular weight excluding hydrogens is 287 g/mol. The summed E-state index contributed by atoms with van der Waals surface area (Å²) in [6, 6.07) is -0.208. The first-order valence-corrected chi connectivity index (χ1v) is 6.47. The molecule has 0 amide bonds. The highest BCUT2D eigenvalue weighted by atomic mass is 19.4. The SMILES string of the molecule is CC1(C)COC(c2oc(NC(C)(C)C)nc2C(F)(F)F)=N1. The second kappa shape index (κ2) is 4.64. The molecule has 0 atom stereocenters. The van der Waals surface area contributed by atoms with E-state index in [0.717, 1.165) is 0 Å². The number of alkyl halides is 3. The first kappa shape index (κ1) is 15.7. The van der Waals surface area contributed by atoms with Crippen LogP contribution < -0.4 is 5.32 Å². The maximum atomic E-state index is 13.1. The lowest BCUT2D eigenvalue weighted by Gasteiger charge is -2.18. The third-order valence-corrected chi connectivity index (χ3v) is 2.54. The molecule has 0 unspecified atom stereocenters. The summed E-state index contributed by atoms with van der Waals surface area (Å²) >= 11 is 0. The second-order valence-corrected chi connectivity index (χ2v) is 6.59. The van der Waals surface area contributed by atoms with Crippen LogP contribution >= 0.6 is 0 Å². The molecule has 2 heterocycles. The fraction of sp³-hybridized carbons (Fsp3) is 0.692. The summed E-state index contributed by atoms with van der Waals surface area (Å²) < 4.78 is 49.7.